The number of amides is 2. The van der Waals surface area contributed by atoms with E-state index in [0.717, 1.165) is 15.6 Å². The molecule has 0 spiro atoms. The average Bonchev–Trinajstić information content (AvgIpc) is 2.65. The van der Waals surface area contributed by atoms with E-state index >= 15 is 0 Å². The van der Waals surface area contributed by atoms with Gasteiger partial charge >= 0.3 is 0 Å². The number of rotatable bonds is 3. The van der Waals surface area contributed by atoms with E-state index in [-0.39, 0.29) is 5.91 Å². The van der Waals surface area contributed by atoms with Crippen molar-refractivity contribution in [3.05, 3.63) is 28.6 Å². The fourth-order valence-corrected chi connectivity index (χ4v) is 2.91. The summed E-state index contributed by atoms with van der Waals surface area (Å²) in [6.07, 6.45) is 0. The zero-order valence-corrected chi connectivity index (χ0v) is 12.4. The highest BCUT2D eigenvalue weighted by Crippen LogP contribution is 2.34. The fourth-order valence-electron chi connectivity index (χ4n) is 1.79. The number of nitrogens with one attached hydrogen (secondary N) is 1. The van der Waals surface area contributed by atoms with Gasteiger partial charge in [0.15, 0.2) is 0 Å². The molecule has 1 aromatic carbocycles. The van der Waals surface area contributed by atoms with Crippen molar-refractivity contribution >= 4 is 38.9 Å². The molecule has 106 valence electrons. The second kappa shape index (κ2) is 4.79. The van der Waals surface area contributed by atoms with E-state index in [0.29, 0.717) is 10.6 Å². The summed E-state index contributed by atoms with van der Waals surface area (Å²) in [7, 11) is 0. The van der Waals surface area contributed by atoms with Crippen LogP contribution in [0.15, 0.2) is 18.2 Å². The Labute approximate surface area is 120 Å². The third-order valence-corrected chi connectivity index (χ3v) is 4.30. The number of hydrogen-bond donors (Lipinski definition) is 3. The Morgan fingerprint density at radius 2 is 1.95 bits per heavy atom. The molecule has 2 rings (SSSR count). The number of nitrogens with two attached hydrogens (primary N) is 2. The first kappa shape index (κ1) is 14.3. The van der Waals surface area contributed by atoms with Gasteiger partial charge < -0.3 is 16.8 Å². The lowest BCUT2D eigenvalue weighted by atomic mass is 10.1. The summed E-state index contributed by atoms with van der Waals surface area (Å²) in [5.41, 5.74) is 11.7. The molecule has 0 fully saturated rings. The molecule has 1 heterocycles. The van der Waals surface area contributed by atoms with Gasteiger partial charge in [-0.25, -0.2) is 0 Å². The number of benzene rings is 1. The maximum atomic E-state index is 12.3. The van der Waals surface area contributed by atoms with Gasteiger partial charge in [0.2, 0.25) is 5.91 Å². The highest BCUT2D eigenvalue weighted by atomic mass is 32.1. The summed E-state index contributed by atoms with van der Waals surface area (Å²) < 4.78 is 0.949. The lowest BCUT2D eigenvalue weighted by molar-refractivity contribution is -0.122. The lowest BCUT2D eigenvalue weighted by Crippen LogP contribution is -2.52. The number of nitrogen functional groups attached to an aromatic ring is 1. The van der Waals surface area contributed by atoms with Gasteiger partial charge in [-0.1, -0.05) is 12.1 Å². The second-order valence-electron chi connectivity index (χ2n) is 5.29. The molecule has 0 aliphatic carbocycles. The van der Waals surface area contributed by atoms with Gasteiger partial charge in [-0.05, 0) is 32.4 Å². The zero-order valence-electron chi connectivity index (χ0n) is 11.6. The molecule has 0 aliphatic heterocycles. The van der Waals surface area contributed by atoms with Crippen LogP contribution in [-0.4, -0.2) is 17.4 Å². The Morgan fingerprint density at radius 1 is 1.30 bits per heavy atom. The number of anilines is 1. The SMILES string of the molecule is Cc1ccc2c(N)c(C(=O)NC(C)(C)C(N)=O)sc2c1. The average molecular weight is 291 g/mol. The Hall–Kier alpha value is -2.08. The van der Waals surface area contributed by atoms with Gasteiger partial charge in [-0.15, -0.1) is 11.3 Å². The molecule has 0 radical (unpaired) electrons. The normalized spacial score (nSPS) is 11.6. The van der Waals surface area contributed by atoms with E-state index < -0.39 is 11.4 Å². The highest BCUT2D eigenvalue weighted by molar-refractivity contribution is 7.21. The standard InChI is InChI=1S/C14H17N3O2S/c1-7-4-5-8-9(6-7)20-11(10(8)15)12(18)17-14(2,3)13(16)19/h4-6H,15H2,1-3H3,(H2,16,19)(H,17,18). The van der Waals surface area contributed by atoms with Crippen LogP contribution in [0.1, 0.15) is 29.1 Å². The van der Waals surface area contributed by atoms with Gasteiger partial charge in [-0.2, -0.15) is 0 Å². The first-order chi connectivity index (χ1) is 9.22. The van der Waals surface area contributed by atoms with E-state index in [1.54, 1.807) is 13.8 Å². The van der Waals surface area contributed by atoms with Crippen molar-refractivity contribution in [2.75, 3.05) is 5.73 Å². The summed E-state index contributed by atoms with van der Waals surface area (Å²) >= 11 is 1.31. The molecule has 2 amide bonds. The van der Waals surface area contributed by atoms with Gasteiger partial charge in [0, 0.05) is 10.1 Å². The van der Waals surface area contributed by atoms with Crippen LogP contribution >= 0.6 is 11.3 Å². The Morgan fingerprint density at radius 3 is 2.55 bits per heavy atom. The van der Waals surface area contributed by atoms with Crippen molar-refractivity contribution < 1.29 is 9.59 Å². The number of thiophene rings is 1. The number of carbonyl (C=O) groups excluding carboxylic acids is 2. The van der Waals surface area contributed by atoms with E-state index in [1.165, 1.54) is 11.3 Å². The minimum Gasteiger partial charge on any atom is -0.397 e. The van der Waals surface area contributed by atoms with Crippen molar-refractivity contribution in [3.63, 3.8) is 0 Å². The van der Waals surface area contributed by atoms with Crippen molar-refractivity contribution in [2.24, 2.45) is 5.73 Å². The van der Waals surface area contributed by atoms with Gasteiger partial charge in [0.25, 0.3) is 5.91 Å². The smallest absolute Gasteiger partial charge is 0.264 e. The Bertz CT molecular complexity index is 704. The van der Waals surface area contributed by atoms with E-state index in [4.69, 9.17) is 11.5 Å². The molecule has 0 atom stereocenters. The number of fused-ring (bicyclic) bond motifs is 1. The molecule has 0 bridgehead atoms. The van der Waals surface area contributed by atoms with Crippen LogP contribution in [0.5, 0.6) is 0 Å². The van der Waals surface area contributed by atoms with Crippen molar-refractivity contribution in [1.29, 1.82) is 0 Å². The molecule has 1 aromatic heterocycles. The zero-order chi connectivity index (χ0) is 15.1. The number of carbonyl (C=O) groups is 2. The third kappa shape index (κ3) is 2.46. The topological polar surface area (TPSA) is 98.2 Å². The monoisotopic (exact) mass is 291 g/mol. The third-order valence-electron chi connectivity index (χ3n) is 3.13. The highest BCUT2D eigenvalue weighted by Gasteiger charge is 2.29. The Kier molecular flexibility index (Phi) is 3.43. The van der Waals surface area contributed by atoms with Crippen LogP contribution < -0.4 is 16.8 Å². The van der Waals surface area contributed by atoms with E-state index in [1.807, 2.05) is 25.1 Å². The number of hydrogen-bond acceptors (Lipinski definition) is 4. The first-order valence-corrected chi connectivity index (χ1v) is 6.95. The summed E-state index contributed by atoms with van der Waals surface area (Å²) in [5.74, 6) is -0.980. The molecule has 0 saturated carbocycles. The van der Waals surface area contributed by atoms with E-state index in [9.17, 15) is 9.59 Å². The van der Waals surface area contributed by atoms with Crippen LogP contribution in [0.4, 0.5) is 5.69 Å². The fraction of sp³-hybridized carbons (Fsp3) is 0.286. The van der Waals surface area contributed by atoms with Crippen molar-refractivity contribution in [3.8, 4) is 0 Å². The molecular formula is C14H17N3O2S. The summed E-state index contributed by atoms with van der Waals surface area (Å²) in [5, 5.41) is 3.46. The molecule has 5 N–H and O–H groups in total. The molecular weight excluding hydrogens is 274 g/mol. The quantitative estimate of drug-likeness (QED) is 0.804. The van der Waals surface area contributed by atoms with Crippen LogP contribution in [0.3, 0.4) is 0 Å². The van der Waals surface area contributed by atoms with Crippen molar-refractivity contribution in [2.45, 2.75) is 26.3 Å². The molecule has 5 nitrogen and oxygen atoms in total. The predicted molar refractivity (Wildman–Crippen MR) is 81.7 cm³/mol. The molecule has 2 aromatic rings. The summed E-state index contributed by atoms with van der Waals surface area (Å²) in [6.45, 7) is 5.09. The van der Waals surface area contributed by atoms with Gasteiger partial charge in [0.05, 0.1) is 5.69 Å². The summed E-state index contributed by atoms with van der Waals surface area (Å²) in [4.78, 5) is 23.9. The summed E-state index contributed by atoms with van der Waals surface area (Å²) in [6, 6.07) is 5.82. The van der Waals surface area contributed by atoms with Crippen molar-refractivity contribution in [1.82, 2.24) is 5.32 Å². The minimum absolute atomic E-state index is 0.384. The minimum atomic E-state index is -1.12. The van der Waals surface area contributed by atoms with Gasteiger partial charge in [-0.3, -0.25) is 9.59 Å². The number of primary amides is 1. The van der Waals surface area contributed by atoms with Crippen LogP contribution in [0.25, 0.3) is 10.1 Å². The lowest BCUT2D eigenvalue weighted by Gasteiger charge is -2.21. The second-order valence-corrected chi connectivity index (χ2v) is 6.34. The molecule has 0 unspecified atom stereocenters. The first-order valence-electron chi connectivity index (χ1n) is 6.13. The predicted octanol–water partition coefficient (Wildman–Crippen LogP) is 1.79. The maximum absolute atomic E-state index is 12.3. The number of aryl methyl sites for hydroxylation is 1. The van der Waals surface area contributed by atoms with Gasteiger partial charge in [0.1, 0.15) is 10.4 Å². The van der Waals surface area contributed by atoms with E-state index in [2.05, 4.69) is 5.32 Å². The van der Waals surface area contributed by atoms with Crippen LogP contribution in [0.2, 0.25) is 0 Å². The molecule has 6 heteroatoms. The maximum Gasteiger partial charge on any atom is 0.264 e. The Balaban J connectivity index is 2.41. The molecule has 0 saturated heterocycles. The molecule has 0 aliphatic rings. The van der Waals surface area contributed by atoms with Crippen LogP contribution in [0, 0.1) is 6.92 Å². The largest absolute Gasteiger partial charge is 0.397 e. The van der Waals surface area contributed by atoms with Crippen LogP contribution in [-0.2, 0) is 4.79 Å². The molecule has 20 heavy (non-hydrogen) atoms.